The average Bonchev–Trinajstić information content (AvgIpc) is 2.64. The first-order valence-corrected chi connectivity index (χ1v) is 8.18. The first-order valence-electron chi connectivity index (χ1n) is 8.18. The molecule has 0 bridgehead atoms. The number of rotatable bonds is 6. The summed E-state index contributed by atoms with van der Waals surface area (Å²) in [5.74, 6) is 0.590. The summed E-state index contributed by atoms with van der Waals surface area (Å²) in [7, 11) is 0. The summed E-state index contributed by atoms with van der Waals surface area (Å²) in [6.07, 6.45) is 1.10. The maximum absolute atomic E-state index is 12.2. The molecule has 0 aliphatic carbocycles. The van der Waals surface area contributed by atoms with Crippen LogP contribution < -0.4 is 4.74 Å². The first kappa shape index (κ1) is 16.0. The van der Waals surface area contributed by atoms with Gasteiger partial charge >= 0.3 is 5.97 Å². The monoisotopic (exact) mass is 316 g/mol. The van der Waals surface area contributed by atoms with Gasteiger partial charge in [0.2, 0.25) is 0 Å². The zero-order valence-electron chi connectivity index (χ0n) is 13.5. The molecule has 0 fully saturated rings. The van der Waals surface area contributed by atoms with E-state index in [1.807, 2.05) is 54.6 Å². The van der Waals surface area contributed by atoms with Crippen molar-refractivity contribution in [1.82, 2.24) is 0 Å². The molecule has 3 aromatic carbocycles. The Morgan fingerprint density at radius 3 is 1.67 bits per heavy atom. The second-order valence-corrected chi connectivity index (χ2v) is 5.70. The summed E-state index contributed by atoms with van der Waals surface area (Å²) >= 11 is 0. The molecule has 0 aliphatic heterocycles. The second-order valence-electron chi connectivity index (χ2n) is 5.70. The SMILES string of the molecule is O=C(CCC(c1ccccc1)c1ccccc1)Oc1ccccc1. The van der Waals surface area contributed by atoms with Crippen molar-refractivity contribution in [3.63, 3.8) is 0 Å². The maximum atomic E-state index is 12.2. The molecule has 0 saturated carbocycles. The van der Waals surface area contributed by atoms with Crippen molar-refractivity contribution in [1.29, 1.82) is 0 Å². The molecular formula is C22H20O2. The van der Waals surface area contributed by atoms with Crippen LogP contribution in [0.1, 0.15) is 29.9 Å². The Morgan fingerprint density at radius 2 is 1.17 bits per heavy atom. The maximum Gasteiger partial charge on any atom is 0.311 e. The number of carbonyl (C=O) groups is 1. The average molecular weight is 316 g/mol. The van der Waals surface area contributed by atoms with Crippen LogP contribution in [0.5, 0.6) is 5.75 Å². The van der Waals surface area contributed by atoms with Crippen LogP contribution in [0.4, 0.5) is 0 Å². The van der Waals surface area contributed by atoms with Gasteiger partial charge in [0.25, 0.3) is 0 Å². The third-order valence-electron chi connectivity index (χ3n) is 4.02. The fourth-order valence-electron chi connectivity index (χ4n) is 2.83. The Balaban J connectivity index is 1.70. The molecule has 0 saturated heterocycles. The third kappa shape index (κ3) is 4.32. The van der Waals surface area contributed by atoms with E-state index in [9.17, 15) is 4.79 Å². The number of ether oxygens (including phenoxy) is 1. The van der Waals surface area contributed by atoms with E-state index in [-0.39, 0.29) is 11.9 Å². The molecule has 0 radical (unpaired) electrons. The van der Waals surface area contributed by atoms with Crippen molar-refractivity contribution in [2.75, 3.05) is 0 Å². The lowest BCUT2D eigenvalue weighted by Gasteiger charge is -2.17. The molecule has 24 heavy (non-hydrogen) atoms. The van der Waals surface area contributed by atoms with Crippen molar-refractivity contribution < 1.29 is 9.53 Å². The summed E-state index contributed by atoms with van der Waals surface area (Å²) in [5, 5.41) is 0. The largest absolute Gasteiger partial charge is 0.427 e. The summed E-state index contributed by atoms with van der Waals surface area (Å²) in [6, 6.07) is 29.8. The predicted molar refractivity (Wildman–Crippen MR) is 96.0 cm³/mol. The second kappa shape index (κ2) is 8.11. The van der Waals surface area contributed by atoms with Crippen LogP contribution in [0.25, 0.3) is 0 Å². The highest BCUT2D eigenvalue weighted by molar-refractivity contribution is 5.72. The van der Waals surface area contributed by atoms with Crippen molar-refractivity contribution >= 4 is 5.97 Å². The molecule has 3 aromatic rings. The molecule has 0 unspecified atom stereocenters. The molecule has 120 valence electrons. The molecule has 0 amide bonds. The minimum Gasteiger partial charge on any atom is -0.427 e. The number of hydrogen-bond acceptors (Lipinski definition) is 2. The van der Waals surface area contributed by atoms with E-state index in [0.717, 1.165) is 6.42 Å². The van der Waals surface area contributed by atoms with Crippen LogP contribution in [-0.2, 0) is 4.79 Å². The van der Waals surface area contributed by atoms with Crippen LogP contribution in [0.3, 0.4) is 0 Å². The molecule has 0 aliphatic rings. The molecule has 0 atom stereocenters. The summed E-state index contributed by atoms with van der Waals surface area (Å²) in [5.41, 5.74) is 2.44. The Hall–Kier alpha value is -2.87. The molecular weight excluding hydrogens is 296 g/mol. The fraction of sp³-hybridized carbons (Fsp3) is 0.136. The van der Waals surface area contributed by atoms with Crippen molar-refractivity contribution in [3.8, 4) is 5.75 Å². The van der Waals surface area contributed by atoms with E-state index in [1.54, 1.807) is 12.1 Å². The molecule has 0 N–H and O–H groups in total. The quantitative estimate of drug-likeness (QED) is 0.461. The lowest BCUT2D eigenvalue weighted by molar-refractivity contribution is -0.134. The predicted octanol–water partition coefficient (Wildman–Crippen LogP) is 5.20. The number of para-hydroxylation sites is 1. The Labute approximate surface area is 142 Å². The topological polar surface area (TPSA) is 26.3 Å². The molecule has 3 rings (SSSR count). The van der Waals surface area contributed by atoms with E-state index in [4.69, 9.17) is 4.74 Å². The standard InChI is InChI=1S/C22H20O2/c23-22(24-20-14-8-3-9-15-20)17-16-21(18-10-4-1-5-11-18)19-12-6-2-7-13-19/h1-15,21H,16-17H2. The van der Waals surface area contributed by atoms with Gasteiger partial charge in [0.05, 0.1) is 0 Å². The van der Waals surface area contributed by atoms with Crippen molar-refractivity contribution in [2.24, 2.45) is 0 Å². The van der Waals surface area contributed by atoms with Gasteiger partial charge in [0, 0.05) is 12.3 Å². The highest BCUT2D eigenvalue weighted by atomic mass is 16.5. The van der Waals surface area contributed by atoms with Gasteiger partial charge in [0.1, 0.15) is 5.75 Å². The molecule has 2 nitrogen and oxygen atoms in total. The van der Waals surface area contributed by atoms with E-state index < -0.39 is 0 Å². The zero-order chi connectivity index (χ0) is 16.6. The summed E-state index contributed by atoms with van der Waals surface area (Å²) in [6.45, 7) is 0. The van der Waals surface area contributed by atoms with Gasteiger partial charge in [-0.25, -0.2) is 0 Å². The number of esters is 1. The van der Waals surface area contributed by atoms with E-state index in [0.29, 0.717) is 12.2 Å². The number of carbonyl (C=O) groups excluding carboxylic acids is 1. The zero-order valence-corrected chi connectivity index (χ0v) is 13.5. The highest BCUT2D eigenvalue weighted by Gasteiger charge is 2.16. The van der Waals surface area contributed by atoms with E-state index >= 15 is 0 Å². The van der Waals surface area contributed by atoms with E-state index in [1.165, 1.54) is 11.1 Å². The van der Waals surface area contributed by atoms with Gasteiger partial charge in [-0.3, -0.25) is 4.79 Å². The molecule has 2 heteroatoms. The Morgan fingerprint density at radius 1 is 0.708 bits per heavy atom. The van der Waals surface area contributed by atoms with Crippen LogP contribution in [-0.4, -0.2) is 5.97 Å². The fourth-order valence-corrected chi connectivity index (χ4v) is 2.83. The Kier molecular flexibility index (Phi) is 5.41. The van der Waals surface area contributed by atoms with Gasteiger partial charge < -0.3 is 4.74 Å². The number of benzene rings is 3. The lowest BCUT2D eigenvalue weighted by Crippen LogP contribution is -2.11. The van der Waals surface area contributed by atoms with Crippen LogP contribution in [0.2, 0.25) is 0 Å². The Bertz CT molecular complexity index is 712. The van der Waals surface area contributed by atoms with Gasteiger partial charge in [-0.2, -0.15) is 0 Å². The third-order valence-corrected chi connectivity index (χ3v) is 4.02. The van der Waals surface area contributed by atoms with Crippen LogP contribution >= 0.6 is 0 Å². The van der Waals surface area contributed by atoms with Gasteiger partial charge in [-0.1, -0.05) is 78.9 Å². The van der Waals surface area contributed by atoms with Crippen molar-refractivity contribution in [2.45, 2.75) is 18.8 Å². The normalized spacial score (nSPS) is 10.5. The minimum atomic E-state index is -0.196. The highest BCUT2D eigenvalue weighted by Crippen LogP contribution is 2.29. The smallest absolute Gasteiger partial charge is 0.311 e. The molecule has 0 spiro atoms. The number of hydrogen-bond donors (Lipinski definition) is 0. The van der Waals surface area contributed by atoms with Crippen molar-refractivity contribution in [3.05, 3.63) is 102 Å². The van der Waals surface area contributed by atoms with Gasteiger partial charge in [0.15, 0.2) is 0 Å². The van der Waals surface area contributed by atoms with Gasteiger partial charge in [-0.05, 0) is 29.7 Å². The first-order chi connectivity index (χ1) is 11.8. The minimum absolute atomic E-state index is 0.190. The lowest BCUT2D eigenvalue weighted by atomic mass is 9.87. The molecule has 0 aromatic heterocycles. The summed E-state index contributed by atoms with van der Waals surface area (Å²) in [4.78, 5) is 12.2. The van der Waals surface area contributed by atoms with Crippen LogP contribution in [0, 0.1) is 0 Å². The molecule has 0 heterocycles. The van der Waals surface area contributed by atoms with Gasteiger partial charge in [-0.15, -0.1) is 0 Å². The van der Waals surface area contributed by atoms with Crippen LogP contribution in [0.15, 0.2) is 91.0 Å². The summed E-state index contributed by atoms with van der Waals surface area (Å²) < 4.78 is 5.40. The van der Waals surface area contributed by atoms with E-state index in [2.05, 4.69) is 24.3 Å².